The third-order valence-corrected chi connectivity index (χ3v) is 3.21. The SMILES string of the molecule is CCNC(CCCOCC)CCc1ccnn1C. The molecule has 0 aliphatic rings. The summed E-state index contributed by atoms with van der Waals surface area (Å²) in [5.41, 5.74) is 1.31. The largest absolute Gasteiger partial charge is 0.382 e. The molecular weight excluding hydrogens is 226 g/mol. The summed E-state index contributed by atoms with van der Waals surface area (Å²) in [4.78, 5) is 0. The van der Waals surface area contributed by atoms with Crippen molar-refractivity contribution in [3.8, 4) is 0 Å². The Morgan fingerprint density at radius 1 is 1.39 bits per heavy atom. The average Bonchev–Trinajstić information content (AvgIpc) is 2.77. The number of ether oxygens (including phenoxy) is 1. The van der Waals surface area contributed by atoms with Gasteiger partial charge in [0.1, 0.15) is 0 Å². The summed E-state index contributed by atoms with van der Waals surface area (Å²) in [6, 6.07) is 2.69. The summed E-state index contributed by atoms with van der Waals surface area (Å²) < 4.78 is 7.35. The third-order valence-electron chi connectivity index (χ3n) is 3.21. The zero-order valence-electron chi connectivity index (χ0n) is 12.0. The van der Waals surface area contributed by atoms with Crippen molar-refractivity contribution < 1.29 is 4.74 Å². The second kappa shape index (κ2) is 9.11. The molecule has 0 amide bonds. The van der Waals surface area contributed by atoms with Crippen molar-refractivity contribution in [2.45, 2.75) is 45.6 Å². The van der Waals surface area contributed by atoms with E-state index >= 15 is 0 Å². The number of hydrogen-bond donors (Lipinski definition) is 1. The topological polar surface area (TPSA) is 39.1 Å². The quantitative estimate of drug-likeness (QED) is 0.649. The molecule has 0 bridgehead atoms. The van der Waals surface area contributed by atoms with Gasteiger partial charge >= 0.3 is 0 Å². The summed E-state index contributed by atoms with van der Waals surface area (Å²) in [5.74, 6) is 0. The molecule has 0 fully saturated rings. The van der Waals surface area contributed by atoms with Crippen molar-refractivity contribution >= 4 is 0 Å². The van der Waals surface area contributed by atoms with Crippen molar-refractivity contribution in [2.75, 3.05) is 19.8 Å². The summed E-state index contributed by atoms with van der Waals surface area (Å²) in [5, 5.41) is 7.76. The van der Waals surface area contributed by atoms with Crippen LogP contribution in [-0.4, -0.2) is 35.6 Å². The summed E-state index contributed by atoms with van der Waals surface area (Å²) in [6.45, 7) is 6.94. The lowest BCUT2D eigenvalue weighted by Gasteiger charge is -2.17. The van der Waals surface area contributed by atoms with E-state index in [-0.39, 0.29) is 0 Å². The van der Waals surface area contributed by atoms with Gasteiger partial charge in [0.25, 0.3) is 0 Å². The van der Waals surface area contributed by atoms with Crippen LogP contribution in [0.1, 0.15) is 38.8 Å². The van der Waals surface area contributed by atoms with Gasteiger partial charge in [0, 0.05) is 38.2 Å². The van der Waals surface area contributed by atoms with Crippen LogP contribution >= 0.6 is 0 Å². The second-order valence-corrected chi connectivity index (χ2v) is 4.58. The van der Waals surface area contributed by atoms with E-state index in [1.54, 1.807) is 0 Å². The van der Waals surface area contributed by atoms with E-state index < -0.39 is 0 Å². The maximum absolute atomic E-state index is 5.39. The van der Waals surface area contributed by atoms with E-state index in [4.69, 9.17) is 4.74 Å². The Kier molecular flexibility index (Phi) is 7.69. The molecule has 0 saturated carbocycles. The predicted octanol–water partition coefficient (Wildman–Crippen LogP) is 2.15. The van der Waals surface area contributed by atoms with Gasteiger partial charge in [-0.15, -0.1) is 0 Å². The number of aryl methyl sites for hydroxylation is 2. The first-order valence-electron chi connectivity index (χ1n) is 7.05. The highest BCUT2D eigenvalue weighted by atomic mass is 16.5. The Morgan fingerprint density at radius 3 is 2.83 bits per heavy atom. The van der Waals surface area contributed by atoms with Crippen molar-refractivity contribution in [3.05, 3.63) is 18.0 Å². The average molecular weight is 253 g/mol. The number of rotatable bonds is 10. The lowest BCUT2D eigenvalue weighted by Crippen LogP contribution is -2.29. The van der Waals surface area contributed by atoms with Crippen molar-refractivity contribution in [3.63, 3.8) is 0 Å². The van der Waals surface area contributed by atoms with Gasteiger partial charge in [0.2, 0.25) is 0 Å². The highest BCUT2D eigenvalue weighted by Crippen LogP contribution is 2.08. The monoisotopic (exact) mass is 253 g/mol. The zero-order chi connectivity index (χ0) is 13.2. The first-order valence-corrected chi connectivity index (χ1v) is 7.05. The summed E-state index contributed by atoms with van der Waals surface area (Å²) >= 11 is 0. The number of aromatic nitrogens is 2. The molecule has 1 heterocycles. The molecule has 1 aromatic heterocycles. The Hall–Kier alpha value is -0.870. The van der Waals surface area contributed by atoms with Gasteiger partial charge in [-0.25, -0.2) is 0 Å². The molecule has 0 aliphatic carbocycles. The molecule has 0 aliphatic heterocycles. The second-order valence-electron chi connectivity index (χ2n) is 4.58. The molecule has 1 N–H and O–H groups in total. The van der Waals surface area contributed by atoms with Crippen LogP contribution < -0.4 is 5.32 Å². The van der Waals surface area contributed by atoms with E-state index in [1.807, 2.05) is 24.9 Å². The van der Waals surface area contributed by atoms with E-state index in [0.717, 1.165) is 32.6 Å². The Bertz CT molecular complexity index is 312. The van der Waals surface area contributed by atoms with Crippen LogP contribution in [0.25, 0.3) is 0 Å². The molecule has 4 heteroatoms. The fourth-order valence-electron chi connectivity index (χ4n) is 2.18. The molecule has 0 spiro atoms. The fourth-order valence-corrected chi connectivity index (χ4v) is 2.18. The fraction of sp³-hybridized carbons (Fsp3) is 0.786. The molecule has 1 unspecified atom stereocenters. The lowest BCUT2D eigenvalue weighted by molar-refractivity contribution is 0.140. The molecule has 1 atom stereocenters. The molecule has 1 aromatic rings. The molecule has 4 nitrogen and oxygen atoms in total. The molecule has 104 valence electrons. The zero-order valence-corrected chi connectivity index (χ0v) is 12.0. The van der Waals surface area contributed by atoms with Crippen molar-refractivity contribution in [1.82, 2.24) is 15.1 Å². The molecular formula is C14H27N3O. The Morgan fingerprint density at radius 2 is 2.22 bits per heavy atom. The van der Waals surface area contributed by atoms with Gasteiger partial charge in [0.05, 0.1) is 0 Å². The lowest BCUT2D eigenvalue weighted by atomic mass is 10.0. The van der Waals surface area contributed by atoms with Gasteiger partial charge in [-0.1, -0.05) is 6.92 Å². The van der Waals surface area contributed by atoms with E-state index in [0.29, 0.717) is 6.04 Å². The van der Waals surface area contributed by atoms with Crippen LogP contribution in [0.2, 0.25) is 0 Å². The number of nitrogens with zero attached hydrogens (tertiary/aromatic N) is 2. The minimum Gasteiger partial charge on any atom is -0.382 e. The van der Waals surface area contributed by atoms with Gasteiger partial charge in [-0.2, -0.15) is 5.10 Å². The summed E-state index contributed by atoms with van der Waals surface area (Å²) in [7, 11) is 2.01. The number of nitrogens with one attached hydrogen (secondary N) is 1. The van der Waals surface area contributed by atoms with Crippen LogP contribution in [0, 0.1) is 0 Å². The highest BCUT2D eigenvalue weighted by Gasteiger charge is 2.08. The van der Waals surface area contributed by atoms with Gasteiger partial charge < -0.3 is 10.1 Å². The normalized spacial score (nSPS) is 12.8. The van der Waals surface area contributed by atoms with Crippen LogP contribution in [0.15, 0.2) is 12.3 Å². The maximum Gasteiger partial charge on any atom is 0.0492 e. The van der Waals surface area contributed by atoms with Crippen molar-refractivity contribution in [2.24, 2.45) is 7.05 Å². The van der Waals surface area contributed by atoms with E-state index in [2.05, 4.69) is 23.4 Å². The molecule has 18 heavy (non-hydrogen) atoms. The first-order chi connectivity index (χ1) is 8.77. The molecule has 0 aromatic carbocycles. The molecule has 0 saturated heterocycles. The number of hydrogen-bond acceptors (Lipinski definition) is 3. The summed E-state index contributed by atoms with van der Waals surface area (Å²) in [6.07, 6.45) is 6.44. The van der Waals surface area contributed by atoms with Crippen molar-refractivity contribution in [1.29, 1.82) is 0 Å². The van der Waals surface area contributed by atoms with Crippen LogP contribution in [0.4, 0.5) is 0 Å². The highest BCUT2D eigenvalue weighted by molar-refractivity contribution is 5.00. The Labute approximate surface area is 111 Å². The van der Waals surface area contributed by atoms with Crippen LogP contribution in [-0.2, 0) is 18.2 Å². The maximum atomic E-state index is 5.39. The Balaban J connectivity index is 2.26. The first kappa shape index (κ1) is 15.2. The predicted molar refractivity (Wildman–Crippen MR) is 74.7 cm³/mol. The minimum atomic E-state index is 0.588. The smallest absolute Gasteiger partial charge is 0.0492 e. The van der Waals surface area contributed by atoms with E-state index in [1.165, 1.54) is 18.5 Å². The van der Waals surface area contributed by atoms with E-state index in [9.17, 15) is 0 Å². The van der Waals surface area contributed by atoms with Gasteiger partial charge in [-0.05, 0) is 45.2 Å². The standard InChI is InChI=1S/C14H27N3O/c1-4-15-13(7-6-12-18-5-2)8-9-14-10-11-16-17(14)3/h10-11,13,15H,4-9,12H2,1-3H3. The third kappa shape index (κ3) is 5.65. The molecule has 1 rings (SSSR count). The van der Waals surface area contributed by atoms with Crippen LogP contribution in [0.5, 0.6) is 0 Å². The minimum absolute atomic E-state index is 0.588. The van der Waals surface area contributed by atoms with Crippen LogP contribution in [0.3, 0.4) is 0 Å². The van der Waals surface area contributed by atoms with Gasteiger partial charge in [0.15, 0.2) is 0 Å². The molecule has 0 radical (unpaired) electrons. The van der Waals surface area contributed by atoms with Gasteiger partial charge in [-0.3, -0.25) is 4.68 Å².